The summed E-state index contributed by atoms with van der Waals surface area (Å²) in [6.07, 6.45) is 5.89. The number of ether oxygens (including phenoxy) is 1. The van der Waals surface area contributed by atoms with Gasteiger partial charge in [0.15, 0.2) is 0 Å². The van der Waals surface area contributed by atoms with Crippen molar-refractivity contribution >= 4 is 11.6 Å². The highest BCUT2D eigenvalue weighted by Crippen LogP contribution is 2.19. The number of nitrogens with two attached hydrogens (primary N) is 1. The Labute approximate surface area is 114 Å². The van der Waals surface area contributed by atoms with Crippen molar-refractivity contribution in [3.05, 3.63) is 34.9 Å². The molecule has 2 unspecified atom stereocenters. The van der Waals surface area contributed by atoms with Crippen molar-refractivity contribution in [2.24, 2.45) is 5.84 Å². The molecule has 0 aliphatic carbocycles. The highest BCUT2D eigenvalue weighted by molar-refractivity contribution is 6.30. The molecule has 1 aliphatic heterocycles. The Kier molecular flexibility index (Phi) is 5.45. The first-order valence-electron chi connectivity index (χ1n) is 6.60. The van der Waals surface area contributed by atoms with Crippen LogP contribution < -0.4 is 11.3 Å². The fourth-order valence-corrected chi connectivity index (χ4v) is 2.53. The zero-order valence-electron chi connectivity index (χ0n) is 10.6. The summed E-state index contributed by atoms with van der Waals surface area (Å²) in [5.41, 5.74) is 4.16. The number of benzene rings is 1. The van der Waals surface area contributed by atoms with Crippen LogP contribution in [-0.4, -0.2) is 18.8 Å². The van der Waals surface area contributed by atoms with E-state index in [0.717, 1.165) is 30.9 Å². The molecule has 4 heteroatoms. The molecular formula is C14H21ClN2O. The molecule has 0 spiro atoms. The summed E-state index contributed by atoms with van der Waals surface area (Å²) >= 11 is 5.87. The van der Waals surface area contributed by atoms with Crippen molar-refractivity contribution in [2.75, 3.05) is 6.61 Å². The number of hydrogen-bond acceptors (Lipinski definition) is 3. The van der Waals surface area contributed by atoms with E-state index in [1.807, 2.05) is 12.1 Å². The van der Waals surface area contributed by atoms with E-state index < -0.39 is 0 Å². The maximum Gasteiger partial charge on any atom is 0.0576 e. The first-order valence-corrected chi connectivity index (χ1v) is 6.98. The second-order valence-corrected chi connectivity index (χ2v) is 5.34. The molecule has 18 heavy (non-hydrogen) atoms. The van der Waals surface area contributed by atoms with E-state index in [-0.39, 0.29) is 0 Å². The van der Waals surface area contributed by atoms with Crippen LogP contribution in [0.2, 0.25) is 5.02 Å². The molecule has 3 nitrogen and oxygen atoms in total. The quantitative estimate of drug-likeness (QED) is 0.616. The van der Waals surface area contributed by atoms with Gasteiger partial charge in [-0.05, 0) is 49.8 Å². The lowest BCUT2D eigenvalue weighted by atomic mass is 10.00. The third-order valence-electron chi connectivity index (χ3n) is 3.49. The minimum Gasteiger partial charge on any atom is -0.378 e. The molecule has 3 N–H and O–H groups in total. The summed E-state index contributed by atoms with van der Waals surface area (Å²) in [5, 5.41) is 0.773. The normalized spacial score (nSPS) is 21.1. The monoisotopic (exact) mass is 268 g/mol. The zero-order chi connectivity index (χ0) is 12.8. The van der Waals surface area contributed by atoms with Crippen LogP contribution >= 0.6 is 11.6 Å². The van der Waals surface area contributed by atoms with Gasteiger partial charge in [0.25, 0.3) is 0 Å². The van der Waals surface area contributed by atoms with Gasteiger partial charge in [0.05, 0.1) is 6.10 Å². The highest BCUT2D eigenvalue weighted by Gasteiger charge is 2.17. The fraction of sp³-hybridized carbons (Fsp3) is 0.571. The average Bonchev–Trinajstić information content (AvgIpc) is 2.90. The Morgan fingerprint density at radius 2 is 2.17 bits per heavy atom. The Bertz CT molecular complexity index is 349. The van der Waals surface area contributed by atoms with Gasteiger partial charge in [-0.15, -0.1) is 0 Å². The Balaban J connectivity index is 1.79. The van der Waals surface area contributed by atoms with Crippen LogP contribution in [0.25, 0.3) is 0 Å². The Hall–Kier alpha value is -0.610. The van der Waals surface area contributed by atoms with Gasteiger partial charge in [0, 0.05) is 17.7 Å². The molecule has 2 rings (SSSR count). The van der Waals surface area contributed by atoms with Crippen molar-refractivity contribution in [2.45, 2.75) is 44.2 Å². The molecule has 0 saturated carbocycles. The molecule has 1 heterocycles. The summed E-state index contributed by atoms with van der Waals surface area (Å²) in [4.78, 5) is 0. The number of halogens is 1. The summed E-state index contributed by atoms with van der Waals surface area (Å²) in [7, 11) is 0. The molecule has 1 fully saturated rings. The molecule has 1 saturated heterocycles. The Morgan fingerprint density at radius 3 is 2.78 bits per heavy atom. The van der Waals surface area contributed by atoms with Gasteiger partial charge in [0.2, 0.25) is 0 Å². The van der Waals surface area contributed by atoms with Crippen LogP contribution in [-0.2, 0) is 11.2 Å². The van der Waals surface area contributed by atoms with Gasteiger partial charge < -0.3 is 4.74 Å². The number of hydrogen-bond donors (Lipinski definition) is 2. The molecule has 0 radical (unpaired) electrons. The maximum atomic E-state index is 5.87. The van der Waals surface area contributed by atoms with Gasteiger partial charge in [-0.2, -0.15) is 0 Å². The van der Waals surface area contributed by atoms with E-state index in [2.05, 4.69) is 17.6 Å². The summed E-state index contributed by atoms with van der Waals surface area (Å²) < 4.78 is 5.63. The van der Waals surface area contributed by atoms with Crippen LogP contribution in [0.5, 0.6) is 0 Å². The van der Waals surface area contributed by atoms with Crippen LogP contribution in [0.15, 0.2) is 24.3 Å². The fourth-order valence-electron chi connectivity index (χ4n) is 2.41. The Morgan fingerprint density at radius 1 is 1.39 bits per heavy atom. The minimum atomic E-state index is 0.301. The van der Waals surface area contributed by atoms with Gasteiger partial charge >= 0.3 is 0 Å². The van der Waals surface area contributed by atoms with Crippen molar-refractivity contribution in [3.63, 3.8) is 0 Å². The van der Waals surface area contributed by atoms with Gasteiger partial charge in [-0.3, -0.25) is 11.3 Å². The van der Waals surface area contributed by atoms with Crippen LogP contribution in [0.1, 0.15) is 31.2 Å². The van der Waals surface area contributed by atoms with Crippen molar-refractivity contribution in [1.29, 1.82) is 0 Å². The van der Waals surface area contributed by atoms with Crippen molar-refractivity contribution < 1.29 is 4.74 Å². The van der Waals surface area contributed by atoms with Crippen LogP contribution in [0.4, 0.5) is 0 Å². The SMILES string of the molecule is NNC(CCC1CCCO1)Cc1ccc(Cl)cc1. The number of nitrogens with one attached hydrogen (secondary N) is 1. The molecule has 1 aliphatic rings. The predicted octanol–water partition coefficient (Wildman–Crippen LogP) is 2.67. The van der Waals surface area contributed by atoms with Crippen molar-refractivity contribution in [3.8, 4) is 0 Å². The third kappa shape index (κ3) is 4.25. The van der Waals surface area contributed by atoms with Gasteiger partial charge in [0.1, 0.15) is 0 Å². The lowest BCUT2D eigenvalue weighted by Crippen LogP contribution is -2.37. The molecule has 0 aromatic heterocycles. The maximum absolute atomic E-state index is 5.87. The molecule has 1 aromatic carbocycles. The van der Waals surface area contributed by atoms with E-state index in [4.69, 9.17) is 22.2 Å². The smallest absolute Gasteiger partial charge is 0.0576 e. The lowest BCUT2D eigenvalue weighted by Gasteiger charge is -2.18. The second kappa shape index (κ2) is 7.10. The average molecular weight is 269 g/mol. The predicted molar refractivity (Wildman–Crippen MR) is 74.5 cm³/mol. The van der Waals surface area contributed by atoms with Gasteiger partial charge in [-0.1, -0.05) is 23.7 Å². The zero-order valence-corrected chi connectivity index (χ0v) is 11.3. The van der Waals surface area contributed by atoms with E-state index in [1.54, 1.807) is 0 Å². The lowest BCUT2D eigenvalue weighted by molar-refractivity contribution is 0.0996. The van der Waals surface area contributed by atoms with E-state index >= 15 is 0 Å². The largest absolute Gasteiger partial charge is 0.378 e. The van der Waals surface area contributed by atoms with Gasteiger partial charge in [-0.25, -0.2) is 0 Å². The first kappa shape index (κ1) is 13.8. The summed E-state index contributed by atoms with van der Waals surface area (Å²) in [6.45, 7) is 0.919. The van der Waals surface area contributed by atoms with Crippen LogP contribution in [0.3, 0.4) is 0 Å². The number of hydrazine groups is 1. The highest BCUT2D eigenvalue weighted by atomic mass is 35.5. The van der Waals surface area contributed by atoms with Crippen LogP contribution in [0, 0.1) is 0 Å². The number of rotatable bonds is 6. The van der Waals surface area contributed by atoms with E-state index in [0.29, 0.717) is 12.1 Å². The summed E-state index contributed by atoms with van der Waals surface area (Å²) in [5.74, 6) is 5.62. The summed E-state index contributed by atoms with van der Waals surface area (Å²) in [6, 6.07) is 8.25. The standard InChI is InChI=1S/C14H21ClN2O/c15-12-5-3-11(4-6-12)10-13(17-16)7-8-14-2-1-9-18-14/h3-6,13-14,17H,1-2,7-10,16H2. The van der Waals surface area contributed by atoms with E-state index in [9.17, 15) is 0 Å². The topological polar surface area (TPSA) is 47.3 Å². The molecule has 100 valence electrons. The third-order valence-corrected chi connectivity index (χ3v) is 3.74. The first-order chi connectivity index (χ1) is 8.78. The van der Waals surface area contributed by atoms with E-state index in [1.165, 1.54) is 18.4 Å². The minimum absolute atomic E-state index is 0.301. The second-order valence-electron chi connectivity index (χ2n) is 4.91. The molecule has 0 amide bonds. The molecule has 1 aromatic rings. The molecule has 2 atom stereocenters. The molecular weight excluding hydrogens is 248 g/mol. The molecule has 0 bridgehead atoms. The van der Waals surface area contributed by atoms with Crippen molar-refractivity contribution in [1.82, 2.24) is 5.43 Å².